The monoisotopic (exact) mass is 608 g/mol. The number of nitrogens with zero attached hydrogens (tertiary/aromatic N) is 2. The molecule has 0 spiro atoms. The van der Waals surface area contributed by atoms with Crippen LogP contribution in [0, 0.1) is 5.41 Å². The molecule has 0 fully saturated rings. The Hall–Kier alpha value is -1.25. The van der Waals surface area contributed by atoms with Crippen molar-refractivity contribution >= 4 is 66.8 Å². The highest BCUT2D eigenvalue weighted by Gasteiger charge is 2.43. The average Bonchev–Trinajstić information content (AvgIpc) is 2.85. The second kappa shape index (κ2) is 20.6. The summed E-state index contributed by atoms with van der Waals surface area (Å²) in [6, 6.07) is 19.5. The van der Waals surface area contributed by atoms with Crippen LogP contribution in [-0.2, 0) is 0 Å². The third-order valence-electron chi connectivity index (χ3n) is 6.65. The standard InChI is InChI=1S/C28H44N6.4ClH/c1-28(2)26(34(3)23-13-5-4-6-14-23)24-15-7-8-16-25(24)33-27(28)32-22-12-21-31-19-10-9-18-30-20-11-17-29;;;;/h4-8,13-16,26,30-31H,9-12,17-22,29H2,1-3H3,(H,32,33);4*1H. The number of nitrogens with two attached hydrogens (primary N) is 1. The summed E-state index contributed by atoms with van der Waals surface area (Å²) >= 11 is 0. The van der Waals surface area contributed by atoms with Crippen LogP contribution in [0.2, 0.25) is 0 Å². The molecule has 10 heteroatoms. The highest BCUT2D eigenvalue weighted by Crippen LogP contribution is 2.47. The van der Waals surface area contributed by atoms with Gasteiger partial charge in [-0.2, -0.15) is 0 Å². The Morgan fingerprint density at radius 2 is 1.37 bits per heavy atom. The van der Waals surface area contributed by atoms with Crippen LogP contribution in [0.15, 0.2) is 59.6 Å². The van der Waals surface area contributed by atoms with E-state index in [9.17, 15) is 0 Å². The largest absolute Gasteiger partial charge is 0.366 e. The molecule has 6 nitrogen and oxygen atoms in total. The minimum absolute atomic E-state index is 0. The number of fused-ring (bicyclic) bond motifs is 1. The maximum atomic E-state index is 5.51. The maximum absolute atomic E-state index is 5.51. The number of hydrogen-bond donors (Lipinski definition) is 4. The molecule has 1 heterocycles. The lowest BCUT2D eigenvalue weighted by atomic mass is 9.75. The Bertz CT molecular complexity index is 898. The molecule has 1 aliphatic heterocycles. The average molecular weight is 611 g/mol. The van der Waals surface area contributed by atoms with Crippen LogP contribution in [0.25, 0.3) is 0 Å². The summed E-state index contributed by atoms with van der Waals surface area (Å²) in [5.41, 5.74) is 9.06. The van der Waals surface area contributed by atoms with Crippen molar-refractivity contribution in [3.05, 3.63) is 60.2 Å². The van der Waals surface area contributed by atoms with E-state index in [1.807, 2.05) is 0 Å². The van der Waals surface area contributed by atoms with E-state index in [1.165, 1.54) is 24.1 Å². The topological polar surface area (TPSA) is 77.7 Å². The quantitative estimate of drug-likeness (QED) is 0.195. The molecule has 1 aliphatic rings. The molecule has 38 heavy (non-hydrogen) atoms. The molecule has 5 N–H and O–H groups in total. The van der Waals surface area contributed by atoms with Gasteiger partial charge in [0.25, 0.3) is 0 Å². The van der Waals surface area contributed by atoms with Gasteiger partial charge < -0.3 is 26.6 Å². The number of benzene rings is 2. The van der Waals surface area contributed by atoms with Crippen molar-refractivity contribution in [3.8, 4) is 0 Å². The number of aliphatic imine (C=N–C) groups is 1. The van der Waals surface area contributed by atoms with E-state index < -0.39 is 0 Å². The predicted molar refractivity (Wildman–Crippen MR) is 176 cm³/mol. The molecule has 0 radical (unpaired) electrons. The first-order valence-electron chi connectivity index (χ1n) is 12.9. The van der Waals surface area contributed by atoms with Crippen LogP contribution in [0.1, 0.15) is 51.1 Å². The van der Waals surface area contributed by atoms with Crippen molar-refractivity contribution in [3.63, 3.8) is 0 Å². The van der Waals surface area contributed by atoms with Gasteiger partial charge in [-0.3, -0.25) is 4.99 Å². The Morgan fingerprint density at radius 1 is 0.816 bits per heavy atom. The first-order chi connectivity index (χ1) is 16.6. The van der Waals surface area contributed by atoms with Gasteiger partial charge in [0.05, 0.1) is 6.04 Å². The van der Waals surface area contributed by atoms with Crippen LogP contribution in [-0.4, -0.2) is 52.2 Å². The van der Waals surface area contributed by atoms with E-state index in [2.05, 4.69) is 96.3 Å². The fourth-order valence-corrected chi connectivity index (χ4v) is 4.78. The van der Waals surface area contributed by atoms with Crippen LogP contribution < -0.4 is 26.6 Å². The van der Waals surface area contributed by atoms with Crippen LogP contribution in [0.4, 0.5) is 11.4 Å². The molecule has 2 aromatic carbocycles. The SMILES string of the molecule is CN(c1ccccc1)C1c2ccccc2NC(=NCCCNCCCCNCCCN)C1(C)C.Cl.Cl.Cl.Cl. The summed E-state index contributed by atoms with van der Waals surface area (Å²) in [6.45, 7) is 10.4. The lowest BCUT2D eigenvalue weighted by Gasteiger charge is -2.46. The van der Waals surface area contributed by atoms with Gasteiger partial charge in [-0.05, 0) is 82.2 Å². The highest BCUT2D eigenvalue weighted by molar-refractivity contribution is 6.03. The molecule has 1 unspecified atom stereocenters. The summed E-state index contributed by atoms with van der Waals surface area (Å²) in [4.78, 5) is 7.45. The molecule has 2 aromatic rings. The first-order valence-corrected chi connectivity index (χ1v) is 12.9. The normalized spacial score (nSPS) is 16.0. The Kier molecular flexibility index (Phi) is 21.1. The molecule has 0 aromatic heterocycles. The molecular weight excluding hydrogens is 562 g/mol. The van der Waals surface area contributed by atoms with Crippen LogP contribution in [0.3, 0.4) is 0 Å². The number of amidine groups is 1. The van der Waals surface area contributed by atoms with Gasteiger partial charge in [0.2, 0.25) is 0 Å². The number of nitrogens with one attached hydrogen (secondary N) is 3. The van der Waals surface area contributed by atoms with E-state index >= 15 is 0 Å². The molecule has 1 atom stereocenters. The first kappa shape index (κ1) is 38.9. The van der Waals surface area contributed by atoms with Gasteiger partial charge in [0.1, 0.15) is 5.84 Å². The van der Waals surface area contributed by atoms with Crippen molar-refractivity contribution < 1.29 is 0 Å². The number of para-hydroxylation sites is 2. The number of hydrogen-bond acceptors (Lipinski definition) is 5. The number of halogens is 4. The fraction of sp³-hybridized carbons (Fsp3) is 0.536. The summed E-state index contributed by atoms with van der Waals surface area (Å²) < 4.78 is 0. The van der Waals surface area contributed by atoms with E-state index in [-0.39, 0.29) is 61.1 Å². The lowest BCUT2D eigenvalue weighted by molar-refractivity contribution is 0.392. The summed E-state index contributed by atoms with van der Waals surface area (Å²) in [7, 11) is 2.19. The van der Waals surface area contributed by atoms with Crippen LogP contribution >= 0.6 is 49.6 Å². The van der Waals surface area contributed by atoms with Crippen molar-refractivity contribution in [2.75, 3.05) is 56.5 Å². The second-order valence-electron chi connectivity index (χ2n) is 9.72. The molecule has 0 saturated carbocycles. The minimum atomic E-state index is -0.150. The predicted octanol–water partition coefficient (Wildman–Crippen LogP) is 6.10. The van der Waals surface area contributed by atoms with Gasteiger partial charge in [-0.15, -0.1) is 49.6 Å². The third kappa shape index (κ3) is 11.1. The maximum Gasteiger partial charge on any atom is 0.109 e. The van der Waals surface area contributed by atoms with Crippen molar-refractivity contribution in [2.24, 2.45) is 16.1 Å². The van der Waals surface area contributed by atoms with E-state index in [4.69, 9.17) is 10.7 Å². The summed E-state index contributed by atoms with van der Waals surface area (Å²) in [5.74, 6) is 1.07. The van der Waals surface area contributed by atoms with E-state index in [1.54, 1.807) is 0 Å². The van der Waals surface area contributed by atoms with Gasteiger partial charge in [-0.1, -0.05) is 50.2 Å². The summed E-state index contributed by atoms with van der Waals surface area (Å²) in [6.07, 6.45) is 4.49. The Morgan fingerprint density at radius 3 is 2.00 bits per heavy atom. The highest BCUT2D eigenvalue weighted by atomic mass is 35.5. The number of unbranched alkanes of at least 4 members (excludes halogenated alkanes) is 1. The zero-order valence-corrected chi connectivity index (χ0v) is 26.2. The number of rotatable bonds is 14. The zero-order valence-electron chi connectivity index (χ0n) is 22.9. The third-order valence-corrected chi connectivity index (χ3v) is 6.65. The lowest BCUT2D eigenvalue weighted by Crippen LogP contribution is -2.47. The van der Waals surface area contributed by atoms with Crippen LogP contribution in [0.5, 0.6) is 0 Å². The van der Waals surface area contributed by atoms with E-state index in [0.717, 1.165) is 63.6 Å². The van der Waals surface area contributed by atoms with E-state index in [0.29, 0.717) is 0 Å². The Labute approximate surface area is 255 Å². The minimum Gasteiger partial charge on any atom is -0.366 e. The molecule has 0 bridgehead atoms. The number of anilines is 2. The van der Waals surface area contributed by atoms with Gasteiger partial charge in [0, 0.05) is 30.4 Å². The molecular formula is C28H48Cl4N6. The van der Waals surface area contributed by atoms with Crippen molar-refractivity contribution in [1.29, 1.82) is 0 Å². The fourth-order valence-electron chi connectivity index (χ4n) is 4.78. The second-order valence-corrected chi connectivity index (χ2v) is 9.72. The molecule has 218 valence electrons. The molecule has 0 aliphatic carbocycles. The van der Waals surface area contributed by atoms with Gasteiger partial charge in [0.15, 0.2) is 0 Å². The molecule has 3 rings (SSSR count). The zero-order chi connectivity index (χ0) is 24.2. The van der Waals surface area contributed by atoms with Crippen molar-refractivity contribution in [1.82, 2.24) is 10.6 Å². The van der Waals surface area contributed by atoms with Crippen molar-refractivity contribution in [2.45, 2.75) is 45.6 Å². The van der Waals surface area contributed by atoms with Gasteiger partial charge in [-0.25, -0.2) is 0 Å². The molecule has 0 saturated heterocycles. The smallest absolute Gasteiger partial charge is 0.109 e. The summed E-state index contributed by atoms with van der Waals surface area (Å²) in [5, 5.41) is 10.7. The van der Waals surface area contributed by atoms with Gasteiger partial charge >= 0.3 is 0 Å². The molecule has 0 amide bonds. The Balaban J connectivity index is 0.